The average Bonchev–Trinajstić information content (AvgIpc) is 2.55. The lowest BCUT2D eigenvalue weighted by molar-refractivity contribution is -0.127. The minimum absolute atomic E-state index is 0.121. The Morgan fingerprint density at radius 1 is 1.00 bits per heavy atom. The van der Waals surface area contributed by atoms with Crippen molar-refractivity contribution in [3.63, 3.8) is 0 Å². The number of hydrogen-bond donors (Lipinski definition) is 1. The summed E-state index contributed by atoms with van der Waals surface area (Å²) in [7, 11) is 1.62. The minimum atomic E-state index is -0.560. The van der Waals surface area contributed by atoms with Gasteiger partial charge in [0.15, 0.2) is 6.10 Å². The number of carbonyl (C=O) groups excluding carboxylic acids is 1. The molecule has 2 aromatic carbocycles. The second kappa shape index (κ2) is 7.50. The molecule has 0 radical (unpaired) electrons. The van der Waals surface area contributed by atoms with E-state index < -0.39 is 6.10 Å². The summed E-state index contributed by atoms with van der Waals surface area (Å²) in [6.45, 7) is 3.67. The fourth-order valence-electron chi connectivity index (χ4n) is 2.08. The zero-order chi connectivity index (χ0) is 15.9. The lowest BCUT2D eigenvalue weighted by Gasteiger charge is -2.19. The van der Waals surface area contributed by atoms with Crippen molar-refractivity contribution in [2.24, 2.45) is 0 Å². The van der Waals surface area contributed by atoms with Gasteiger partial charge in [-0.2, -0.15) is 0 Å². The Morgan fingerprint density at radius 3 is 2.36 bits per heavy atom. The maximum Gasteiger partial charge on any atom is 0.261 e. The van der Waals surface area contributed by atoms with Gasteiger partial charge in [-0.1, -0.05) is 30.3 Å². The Kier molecular flexibility index (Phi) is 5.42. The molecule has 0 aliphatic rings. The molecule has 116 valence electrons. The van der Waals surface area contributed by atoms with Crippen molar-refractivity contribution < 1.29 is 14.3 Å². The average molecular weight is 299 g/mol. The van der Waals surface area contributed by atoms with Crippen LogP contribution in [0.4, 0.5) is 0 Å². The number of hydrogen-bond acceptors (Lipinski definition) is 3. The topological polar surface area (TPSA) is 47.6 Å². The van der Waals surface area contributed by atoms with Gasteiger partial charge in [0.05, 0.1) is 13.2 Å². The molecule has 22 heavy (non-hydrogen) atoms. The van der Waals surface area contributed by atoms with Crippen LogP contribution in [-0.4, -0.2) is 19.1 Å². The van der Waals surface area contributed by atoms with Gasteiger partial charge in [-0.25, -0.2) is 0 Å². The van der Waals surface area contributed by atoms with E-state index >= 15 is 0 Å². The van der Waals surface area contributed by atoms with Crippen molar-refractivity contribution in [3.05, 3.63) is 60.2 Å². The molecule has 0 fully saturated rings. The highest BCUT2D eigenvalue weighted by Crippen LogP contribution is 2.19. The lowest BCUT2D eigenvalue weighted by Crippen LogP contribution is -2.37. The number of para-hydroxylation sites is 1. The summed E-state index contributed by atoms with van der Waals surface area (Å²) in [5.41, 5.74) is 0.986. The Hall–Kier alpha value is -2.49. The van der Waals surface area contributed by atoms with Gasteiger partial charge in [0, 0.05) is 0 Å². The van der Waals surface area contributed by atoms with Gasteiger partial charge in [-0.3, -0.25) is 4.79 Å². The molecule has 0 aliphatic carbocycles. The summed E-state index contributed by atoms with van der Waals surface area (Å²) in [6, 6.07) is 16.8. The first-order valence-corrected chi connectivity index (χ1v) is 7.26. The summed E-state index contributed by atoms with van der Waals surface area (Å²) in [5.74, 6) is 1.30. The smallest absolute Gasteiger partial charge is 0.261 e. The van der Waals surface area contributed by atoms with E-state index in [-0.39, 0.29) is 11.9 Å². The van der Waals surface area contributed by atoms with Crippen LogP contribution in [0.2, 0.25) is 0 Å². The highest BCUT2D eigenvalue weighted by molar-refractivity contribution is 5.81. The number of benzene rings is 2. The maximum absolute atomic E-state index is 12.2. The molecule has 4 heteroatoms. The molecule has 4 nitrogen and oxygen atoms in total. The molecule has 0 aliphatic heterocycles. The lowest BCUT2D eigenvalue weighted by atomic mass is 10.1. The van der Waals surface area contributed by atoms with Crippen molar-refractivity contribution in [3.8, 4) is 11.5 Å². The molecule has 0 unspecified atom stereocenters. The molecule has 1 amide bonds. The number of amides is 1. The Balaban J connectivity index is 1.95. The maximum atomic E-state index is 12.2. The van der Waals surface area contributed by atoms with Crippen molar-refractivity contribution in [2.45, 2.75) is 26.0 Å². The van der Waals surface area contributed by atoms with Crippen molar-refractivity contribution in [1.29, 1.82) is 0 Å². The zero-order valence-electron chi connectivity index (χ0n) is 13.1. The van der Waals surface area contributed by atoms with Crippen molar-refractivity contribution in [1.82, 2.24) is 5.32 Å². The van der Waals surface area contributed by atoms with Crippen LogP contribution in [0, 0.1) is 0 Å². The molecule has 0 saturated heterocycles. The Morgan fingerprint density at radius 2 is 1.68 bits per heavy atom. The van der Waals surface area contributed by atoms with Gasteiger partial charge in [0.1, 0.15) is 11.5 Å². The highest BCUT2D eigenvalue weighted by Gasteiger charge is 2.17. The first-order valence-electron chi connectivity index (χ1n) is 7.26. The van der Waals surface area contributed by atoms with E-state index in [0.29, 0.717) is 5.75 Å². The quantitative estimate of drug-likeness (QED) is 0.890. The first-order chi connectivity index (χ1) is 10.6. The second-order valence-electron chi connectivity index (χ2n) is 5.08. The second-order valence-corrected chi connectivity index (χ2v) is 5.08. The summed E-state index contributed by atoms with van der Waals surface area (Å²) in [5, 5.41) is 2.95. The van der Waals surface area contributed by atoms with E-state index in [1.54, 1.807) is 14.0 Å². The van der Waals surface area contributed by atoms with Crippen LogP contribution in [0.1, 0.15) is 25.5 Å². The van der Waals surface area contributed by atoms with E-state index in [2.05, 4.69) is 5.32 Å². The molecule has 0 bridgehead atoms. The van der Waals surface area contributed by atoms with Gasteiger partial charge in [0.2, 0.25) is 0 Å². The summed E-state index contributed by atoms with van der Waals surface area (Å²) >= 11 is 0. The molecule has 0 aromatic heterocycles. The van der Waals surface area contributed by atoms with E-state index in [0.717, 1.165) is 11.3 Å². The van der Waals surface area contributed by atoms with Gasteiger partial charge in [-0.15, -0.1) is 0 Å². The Bertz CT molecular complexity index is 613. The van der Waals surface area contributed by atoms with Crippen LogP contribution in [0.25, 0.3) is 0 Å². The highest BCUT2D eigenvalue weighted by atomic mass is 16.5. The molecule has 0 saturated carbocycles. The predicted octanol–water partition coefficient (Wildman–Crippen LogP) is 3.34. The summed E-state index contributed by atoms with van der Waals surface area (Å²) < 4.78 is 10.8. The molecule has 2 aromatic rings. The third-order valence-corrected chi connectivity index (χ3v) is 3.38. The van der Waals surface area contributed by atoms with Gasteiger partial charge >= 0.3 is 0 Å². The van der Waals surface area contributed by atoms with Crippen LogP contribution in [0.5, 0.6) is 11.5 Å². The van der Waals surface area contributed by atoms with E-state index in [1.807, 2.05) is 61.5 Å². The number of rotatable bonds is 6. The number of nitrogens with one attached hydrogen (secondary N) is 1. The van der Waals surface area contributed by atoms with Crippen LogP contribution in [0.3, 0.4) is 0 Å². The SMILES string of the molecule is COc1cccc([C@@H](C)NC(=O)[C@@H](C)Oc2ccccc2)c1. The number of methoxy groups -OCH3 is 1. The number of ether oxygens (including phenoxy) is 2. The van der Waals surface area contributed by atoms with Crippen LogP contribution < -0.4 is 14.8 Å². The van der Waals surface area contributed by atoms with E-state index in [4.69, 9.17) is 9.47 Å². The molecular formula is C18H21NO3. The third kappa shape index (κ3) is 4.25. The van der Waals surface area contributed by atoms with Gasteiger partial charge in [-0.05, 0) is 43.7 Å². The molecule has 2 rings (SSSR count). The third-order valence-electron chi connectivity index (χ3n) is 3.38. The fraction of sp³-hybridized carbons (Fsp3) is 0.278. The van der Waals surface area contributed by atoms with Crippen molar-refractivity contribution in [2.75, 3.05) is 7.11 Å². The largest absolute Gasteiger partial charge is 0.497 e. The van der Waals surface area contributed by atoms with Crippen LogP contribution >= 0.6 is 0 Å². The van der Waals surface area contributed by atoms with Crippen LogP contribution in [0.15, 0.2) is 54.6 Å². The predicted molar refractivity (Wildman–Crippen MR) is 86.1 cm³/mol. The molecule has 0 spiro atoms. The van der Waals surface area contributed by atoms with E-state index in [1.165, 1.54) is 0 Å². The van der Waals surface area contributed by atoms with E-state index in [9.17, 15) is 4.79 Å². The van der Waals surface area contributed by atoms with Gasteiger partial charge in [0.25, 0.3) is 5.91 Å². The summed E-state index contributed by atoms with van der Waals surface area (Å²) in [4.78, 5) is 12.2. The standard InChI is InChI=1S/C18H21NO3/c1-13(15-8-7-11-17(12-15)21-3)19-18(20)14(2)22-16-9-5-4-6-10-16/h4-14H,1-3H3,(H,19,20)/t13-,14-/m1/s1. The first kappa shape index (κ1) is 15.9. The zero-order valence-corrected chi connectivity index (χ0v) is 13.1. The molecule has 0 heterocycles. The normalized spacial score (nSPS) is 13.0. The number of carbonyl (C=O) groups is 1. The monoisotopic (exact) mass is 299 g/mol. The minimum Gasteiger partial charge on any atom is -0.497 e. The summed E-state index contributed by atoms with van der Waals surface area (Å²) in [6.07, 6.45) is -0.560. The Labute approximate surface area is 131 Å². The van der Waals surface area contributed by atoms with Crippen molar-refractivity contribution >= 4 is 5.91 Å². The van der Waals surface area contributed by atoms with Crippen LogP contribution in [-0.2, 0) is 4.79 Å². The van der Waals surface area contributed by atoms with Gasteiger partial charge < -0.3 is 14.8 Å². The molecular weight excluding hydrogens is 278 g/mol. The fourth-order valence-corrected chi connectivity index (χ4v) is 2.08. The molecule has 1 N–H and O–H groups in total. The molecule has 2 atom stereocenters.